The molecule has 0 aromatic carbocycles. The number of halogens is 1. The first-order valence-corrected chi connectivity index (χ1v) is 8.21. The molecule has 1 aromatic rings. The molecule has 23 heavy (non-hydrogen) atoms. The summed E-state index contributed by atoms with van der Waals surface area (Å²) in [4.78, 5) is 4.53. The third-order valence-corrected chi connectivity index (χ3v) is 3.54. The van der Waals surface area contributed by atoms with E-state index in [1.807, 2.05) is 13.0 Å². The van der Waals surface area contributed by atoms with Crippen molar-refractivity contribution in [2.24, 2.45) is 4.99 Å². The van der Waals surface area contributed by atoms with Crippen LogP contribution in [0.5, 0.6) is 0 Å². The van der Waals surface area contributed by atoms with Gasteiger partial charge in [0.2, 0.25) is 0 Å². The van der Waals surface area contributed by atoms with Crippen molar-refractivity contribution in [1.82, 2.24) is 15.8 Å². The molecule has 1 heterocycles. The molecule has 7 heteroatoms. The maximum Gasteiger partial charge on any atom is 0.191 e. The van der Waals surface area contributed by atoms with Gasteiger partial charge in [-0.05, 0) is 26.2 Å². The molecule has 0 saturated carbocycles. The second-order valence-corrected chi connectivity index (χ2v) is 5.20. The first-order chi connectivity index (χ1) is 10.7. The Labute approximate surface area is 156 Å². The fourth-order valence-electron chi connectivity index (χ4n) is 2.22. The molecule has 0 aliphatic carbocycles. The summed E-state index contributed by atoms with van der Waals surface area (Å²) in [5, 5.41) is 10.7. The van der Waals surface area contributed by atoms with Crippen LogP contribution in [0.1, 0.15) is 57.4 Å². The van der Waals surface area contributed by atoms with Crippen molar-refractivity contribution >= 4 is 29.9 Å². The first kappa shape index (κ1) is 22.2. The molecular weight excluding hydrogens is 407 g/mol. The van der Waals surface area contributed by atoms with Crippen LogP contribution < -0.4 is 10.6 Å². The molecular formula is C16H31IN4O2. The molecule has 0 unspecified atom stereocenters. The molecule has 0 fully saturated rings. The lowest BCUT2D eigenvalue weighted by atomic mass is 9.99. The molecule has 0 atom stereocenters. The molecule has 6 nitrogen and oxygen atoms in total. The van der Waals surface area contributed by atoms with Gasteiger partial charge in [0.1, 0.15) is 6.54 Å². The number of hydrogen-bond acceptors (Lipinski definition) is 4. The van der Waals surface area contributed by atoms with Gasteiger partial charge in [0, 0.05) is 38.8 Å². The lowest BCUT2D eigenvalue weighted by Gasteiger charge is -2.10. The lowest BCUT2D eigenvalue weighted by Crippen LogP contribution is -2.38. The fourth-order valence-corrected chi connectivity index (χ4v) is 2.22. The van der Waals surface area contributed by atoms with E-state index in [0.717, 1.165) is 56.4 Å². The Morgan fingerprint density at radius 2 is 2.04 bits per heavy atom. The molecule has 0 radical (unpaired) electrons. The van der Waals surface area contributed by atoms with Crippen molar-refractivity contribution in [2.75, 3.05) is 26.8 Å². The van der Waals surface area contributed by atoms with Crippen LogP contribution >= 0.6 is 24.0 Å². The summed E-state index contributed by atoms with van der Waals surface area (Å²) in [6.07, 6.45) is 3.10. The number of hydrogen-bond donors (Lipinski definition) is 2. The number of aromatic nitrogens is 1. The van der Waals surface area contributed by atoms with E-state index in [9.17, 15) is 0 Å². The van der Waals surface area contributed by atoms with Gasteiger partial charge in [-0.15, -0.1) is 24.0 Å². The number of aliphatic imine (C=N–C) groups is 1. The van der Waals surface area contributed by atoms with Crippen LogP contribution in [0.3, 0.4) is 0 Å². The van der Waals surface area contributed by atoms with Gasteiger partial charge in [0.25, 0.3) is 0 Å². The van der Waals surface area contributed by atoms with E-state index in [1.165, 1.54) is 0 Å². The van der Waals surface area contributed by atoms with E-state index < -0.39 is 0 Å². The van der Waals surface area contributed by atoms with Crippen LogP contribution in [0.15, 0.2) is 15.6 Å². The standard InChI is InChI=1S/C16H30N4O2.HI/c1-5-13(6-2)15-11-14(22-20-15)12-19-16(17-7-3)18-9-8-10-21-4;/h11,13H,5-10,12H2,1-4H3,(H2,17,18,19);1H. The quantitative estimate of drug-likeness (QED) is 0.254. The van der Waals surface area contributed by atoms with Crippen molar-refractivity contribution in [2.45, 2.75) is 52.5 Å². The molecule has 1 aromatic heterocycles. The van der Waals surface area contributed by atoms with Crippen LogP contribution in [-0.4, -0.2) is 37.9 Å². The van der Waals surface area contributed by atoms with Gasteiger partial charge in [-0.2, -0.15) is 0 Å². The second-order valence-electron chi connectivity index (χ2n) is 5.20. The van der Waals surface area contributed by atoms with Gasteiger partial charge in [0.15, 0.2) is 11.7 Å². The lowest BCUT2D eigenvalue weighted by molar-refractivity contribution is 0.195. The molecule has 0 aliphatic heterocycles. The van der Waals surface area contributed by atoms with Crippen LogP contribution in [0.25, 0.3) is 0 Å². The summed E-state index contributed by atoms with van der Waals surface area (Å²) in [7, 11) is 1.71. The highest BCUT2D eigenvalue weighted by Crippen LogP contribution is 2.22. The van der Waals surface area contributed by atoms with E-state index in [2.05, 4.69) is 34.6 Å². The Balaban J connectivity index is 0.00000484. The minimum atomic E-state index is 0. The summed E-state index contributed by atoms with van der Waals surface area (Å²) in [6.45, 7) is 9.29. The zero-order valence-corrected chi connectivity index (χ0v) is 17.1. The van der Waals surface area contributed by atoms with Gasteiger partial charge < -0.3 is 19.9 Å². The predicted octanol–water partition coefficient (Wildman–Crippen LogP) is 3.29. The summed E-state index contributed by atoms with van der Waals surface area (Å²) < 4.78 is 10.4. The second kappa shape index (κ2) is 13.6. The van der Waals surface area contributed by atoms with Crippen molar-refractivity contribution in [3.05, 3.63) is 17.5 Å². The Hall–Kier alpha value is -0.830. The maximum atomic E-state index is 5.39. The zero-order valence-electron chi connectivity index (χ0n) is 14.7. The molecule has 134 valence electrons. The molecule has 2 N–H and O–H groups in total. The zero-order chi connectivity index (χ0) is 16.2. The van der Waals surface area contributed by atoms with Crippen molar-refractivity contribution in [3.63, 3.8) is 0 Å². The minimum Gasteiger partial charge on any atom is -0.385 e. The summed E-state index contributed by atoms with van der Waals surface area (Å²) in [5.41, 5.74) is 1.04. The molecule has 0 amide bonds. The normalized spacial score (nSPS) is 11.4. The number of rotatable bonds is 10. The smallest absolute Gasteiger partial charge is 0.191 e. The van der Waals surface area contributed by atoms with E-state index in [1.54, 1.807) is 7.11 Å². The molecule has 0 aliphatic rings. The van der Waals surface area contributed by atoms with Crippen LogP contribution in [0.4, 0.5) is 0 Å². The van der Waals surface area contributed by atoms with Gasteiger partial charge in [-0.25, -0.2) is 4.99 Å². The SMILES string of the molecule is CCNC(=NCc1cc(C(CC)CC)no1)NCCCOC.I. The van der Waals surface area contributed by atoms with E-state index in [-0.39, 0.29) is 24.0 Å². The monoisotopic (exact) mass is 438 g/mol. The molecule has 0 spiro atoms. The number of methoxy groups -OCH3 is 1. The number of nitrogens with zero attached hydrogens (tertiary/aromatic N) is 2. The predicted molar refractivity (Wildman–Crippen MR) is 105 cm³/mol. The average molecular weight is 438 g/mol. The third kappa shape index (κ3) is 8.55. The van der Waals surface area contributed by atoms with Gasteiger partial charge in [-0.3, -0.25) is 0 Å². The van der Waals surface area contributed by atoms with Crippen LogP contribution in [0, 0.1) is 0 Å². The Bertz CT molecular complexity index is 433. The Kier molecular flexibility index (Phi) is 13.1. The van der Waals surface area contributed by atoms with Gasteiger partial charge in [0.05, 0.1) is 5.69 Å². The Morgan fingerprint density at radius 3 is 2.65 bits per heavy atom. The number of guanidine groups is 1. The van der Waals surface area contributed by atoms with Crippen molar-refractivity contribution in [3.8, 4) is 0 Å². The highest BCUT2D eigenvalue weighted by molar-refractivity contribution is 14.0. The van der Waals surface area contributed by atoms with E-state index >= 15 is 0 Å². The number of nitrogens with one attached hydrogen (secondary N) is 2. The van der Waals surface area contributed by atoms with Crippen molar-refractivity contribution < 1.29 is 9.26 Å². The van der Waals surface area contributed by atoms with Gasteiger partial charge in [-0.1, -0.05) is 19.0 Å². The third-order valence-electron chi connectivity index (χ3n) is 3.54. The average Bonchev–Trinajstić information content (AvgIpc) is 2.99. The molecule has 1 rings (SSSR count). The minimum absolute atomic E-state index is 0. The van der Waals surface area contributed by atoms with E-state index in [0.29, 0.717) is 12.5 Å². The largest absolute Gasteiger partial charge is 0.385 e. The molecule has 0 saturated heterocycles. The highest BCUT2D eigenvalue weighted by atomic mass is 127. The number of ether oxygens (including phenoxy) is 1. The summed E-state index contributed by atoms with van der Waals surface area (Å²) in [5.74, 6) is 2.07. The summed E-state index contributed by atoms with van der Waals surface area (Å²) >= 11 is 0. The van der Waals surface area contributed by atoms with Crippen LogP contribution in [0.2, 0.25) is 0 Å². The summed E-state index contributed by atoms with van der Waals surface area (Å²) in [6, 6.07) is 2.02. The topological polar surface area (TPSA) is 71.7 Å². The Morgan fingerprint density at radius 1 is 1.30 bits per heavy atom. The van der Waals surface area contributed by atoms with Gasteiger partial charge >= 0.3 is 0 Å². The van der Waals surface area contributed by atoms with E-state index in [4.69, 9.17) is 9.26 Å². The maximum absolute atomic E-state index is 5.39. The first-order valence-electron chi connectivity index (χ1n) is 8.21. The molecule has 0 bridgehead atoms. The highest BCUT2D eigenvalue weighted by Gasteiger charge is 2.12. The van der Waals surface area contributed by atoms with Crippen molar-refractivity contribution in [1.29, 1.82) is 0 Å². The van der Waals surface area contributed by atoms with Crippen LogP contribution in [-0.2, 0) is 11.3 Å². The fraction of sp³-hybridized carbons (Fsp3) is 0.750.